The van der Waals surface area contributed by atoms with E-state index in [1.165, 1.54) is 0 Å². The van der Waals surface area contributed by atoms with Crippen LogP contribution in [-0.2, 0) is 0 Å². The molecule has 34 heavy (non-hydrogen) atoms. The first-order valence-corrected chi connectivity index (χ1v) is 10.6. The molecule has 0 unspecified atom stereocenters. The zero-order valence-corrected chi connectivity index (χ0v) is 18.3. The molecule has 6 rings (SSSR count). The molecular weight excluding hydrogens is 434 g/mol. The molecule has 2 aromatic carbocycles. The second-order valence-electron chi connectivity index (χ2n) is 7.75. The van der Waals surface area contributed by atoms with Crippen LogP contribution in [0.4, 0.5) is 0 Å². The summed E-state index contributed by atoms with van der Waals surface area (Å²) in [4.78, 5) is 13.7. The van der Waals surface area contributed by atoms with E-state index in [1.54, 1.807) is 43.4 Å². The number of pyridine rings is 1. The molecule has 0 aliphatic carbocycles. The van der Waals surface area contributed by atoms with Gasteiger partial charge in [0, 0.05) is 23.7 Å². The maximum atomic E-state index is 10.1. The van der Waals surface area contributed by atoms with Gasteiger partial charge >= 0.3 is 0 Å². The van der Waals surface area contributed by atoms with Gasteiger partial charge in [-0.2, -0.15) is 0 Å². The summed E-state index contributed by atoms with van der Waals surface area (Å²) in [5, 5.41) is 14.7. The summed E-state index contributed by atoms with van der Waals surface area (Å²) in [5.41, 5.74) is 3.79. The topological polar surface area (TPSA) is 104 Å². The Kier molecular flexibility index (Phi) is 4.54. The standard InChI is InChI=1S/C25H19N5O4/c1-32-18-9-6-14(11-20(18)33-2)21-16-8-7-15(31)12-19(16)34-25-22(21)24-28-23(29-30(24)13-27-25)17-5-3-4-10-26-17/h3-13,21,31H,1-2H3/t21-/m0/s1. The molecule has 1 aliphatic rings. The summed E-state index contributed by atoms with van der Waals surface area (Å²) in [6, 6.07) is 16.4. The van der Waals surface area contributed by atoms with Crippen molar-refractivity contribution in [3.05, 3.63) is 83.8 Å². The average molecular weight is 453 g/mol. The number of benzene rings is 2. The van der Waals surface area contributed by atoms with E-state index in [2.05, 4.69) is 15.1 Å². The van der Waals surface area contributed by atoms with Crippen LogP contribution >= 0.6 is 0 Å². The van der Waals surface area contributed by atoms with Crippen LogP contribution in [0.2, 0.25) is 0 Å². The predicted octanol–water partition coefficient (Wildman–Crippen LogP) is 4.20. The Balaban J connectivity index is 1.61. The van der Waals surface area contributed by atoms with E-state index in [9.17, 15) is 5.11 Å². The summed E-state index contributed by atoms with van der Waals surface area (Å²) in [5.74, 6) is 2.42. The molecule has 1 N–H and O–H groups in total. The van der Waals surface area contributed by atoms with Crippen molar-refractivity contribution >= 4 is 5.65 Å². The first-order chi connectivity index (χ1) is 16.7. The van der Waals surface area contributed by atoms with Gasteiger partial charge in [-0.1, -0.05) is 18.2 Å². The maximum Gasteiger partial charge on any atom is 0.228 e. The SMILES string of the molecule is COc1ccc([C@H]2c3ccc(O)cc3Oc3ncn4nc(-c5ccccn5)nc4c32)cc1OC. The van der Waals surface area contributed by atoms with Crippen molar-refractivity contribution in [2.24, 2.45) is 0 Å². The van der Waals surface area contributed by atoms with Crippen molar-refractivity contribution in [2.75, 3.05) is 14.2 Å². The lowest BCUT2D eigenvalue weighted by molar-refractivity contribution is 0.354. The van der Waals surface area contributed by atoms with E-state index in [0.717, 1.165) is 16.7 Å². The van der Waals surface area contributed by atoms with Crippen molar-refractivity contribution in [2.45, 2.75) is 5.92 Å². The minimum atomic E-state index is -0.309. The minimum absolute atomic E-state index is 0.106. The second kappa shape index (κ2) is 7.73. The molecule has 4 heterocycles. The summed E-state index contributed by atoms with van der Waals surface area (Å²) >= 11 is 0. The van der Waals surface area contributed by atoms with Gasteiger partial charge < -0.3 is 19.3 Å². The zero-order valence-electron chi connectivity index (χ0n) is 18.3. The van der Waals surface area contributed by atoms with Gasteiger partial charge in [0.2, 0.25) is 11.7 Å². The molecule has 168 valence electrons. The smallest absolute Gasteiger partial charge is 0.228 e. The van der Waals surface area contributed by atoms with Gasteiger partial charge in [0.05, 0.1) is 19.8 Å². The highest BCUT2D eigenvalue weighted by molar-refractivity contribution is 5.68. The molecule has 0 amide bonds. The van der Waals surface area contributed by atoms with Crippen LogP contribution in [0.25, 0.3) is 17.2 Å². The molecule has 9 heteroatoms. The van der Waals surface area contributed by atoms with Crippen LogP contribution in [0.1, 0.15) is 22.6 Å². The van der Waals surface area contributed by atoms with E-state index in [1.807, 2.05) is 42.5 Å². The number of nitrogens with zero attached hydrogens (tertiary/aromatic N) is 5. The molecule has 0 fully saturated rings. The Morgan fingerprint density at radius 1 is 0.971 bits per heavy atom. The van der Waals surface area contributed by atoms with Gasteiger partial charge in [0.15, 0.2) is 17.1 Å². The lowest BCUT2D eigenvalue weighted by Crippen LogP contribution is -2.15. The van der Waals surface area contributed by atoms with Crippen molar-refractivity contribution in [1.29, 1.82) is 0 Å². The third kappa shape index (κ3) is 3.09. The molecule has 0 radical (unpaired) electrons. The highest BCUT2D eigenvalue weighted by atomic mass is 16.5. The van der Waals surface area contributed by atoms with E-state index >= 15 is 0 Å². The Labute approximate surface area is 194 Å². The first-order valence-electron chi connectivity index (χ1n) is 10.6. The molecule has 0 saturated heterocycles. The number of methoxy groups -OCH3 is 2. The van der Waals surface area contributed by atoms with Crippen LogP contribution in [0.3, 0.4) is 0 Å². The predicted molar refractivity (Wildman–Crippen MR) is 123 cm³/mol. The number of hydrogen-bond acceptors (Lipinski definition) is 8. The van der Waals surface area contributed by atoms with E-state index < -0.39 is 0 Å². The molecule has 0 saturated carbocycles. The summed E-state index contributed by atoms with van der Waals surface area (Å²) < 4.78 is 18.7. The van der Waals surface area contributed by atoms with Gasteiger partial charge in [-0.05, 0) is 35.9 Å². The van der Waals surface area contributed by atoms with E-state index in [4.69, 9.17) is 19.2 Å². The van der Waals surface area contributed by atoms with Gasteiger partial charge in [-0.15, -0.1) is 5.10 Å². The first kappa shape index (κ1) is 20.0. The largest absolute Gasteiger partial charge is 0.508 e. The van der Waals surface area contributed by atoms with Gasteiger partial charge in [-0.25, -0.2) is 14.5 Å². The summed E-state index contributed by atoms with van der Waals surface area (Å²) in [6.45, 7) is 0. The fraction of sp³-hybridized carbons (Fsp3) is 0.120. The number of aromatic hydroxyl groups is 1. The van der Waals surface area contributed by atoms with Crippen LogP contribution in [-0.4, -0.2) is 43.9 Å². The Bertz CT molecular complexity index is 1530. The maximum absolute atomic E-state index is 10.1. The lowest BCUT2D eigenvalue weighted by atomic mass is 9.83. The minimum Gasteiger partial charge on any atom is -0.508 e. The summed E-state index contributed by atoms with van der Waals surface area (Å²) in [6.07, 6.45) is 3.26. The second-order valence-corrected chi connectivity index (χ2v) is 7.75. The van der Waals surface area contributed by atoms with Gasteiger partial charge in [-0.3, -0.25) is 4.98 Å². The number of phenolic OH excluding ortho intramolecular Hbond substituents is 1. The fourth-order valence-corrected chi connectivity index (χ4v) is 4.29. The monoisotopic (exact) mass is 453 g/mol. The third-order valence-corrected chi connectivity index (χ3v) is 5.83. The molecule has 1 atom stereocenters. The quantitative estimate of drug-likeness (QED) is 0.424. The average Bonchev–Trinajstić information content (AvgIpc) is 3.32. The normalized spacial score (nSPS) is 14.2. The zero-order chi connectivity index (χ0) is 23.2. The number of fused-ring (bicyclic) bond motifs is 4. The number of ether oxygens (including phenoxy) is 3. The Hall–Kier alpha value is -4.66. The Morgan fingerprint density at radius 2 is 1.85 bits per heavy atom. The number of phenols is 1. The van der Waals surface area contributed by atoms with Crippen molar-refractivity contribution in [3.8, 4) is 40.4 Å². The number of aromatic nitrogens is 5. The van der Waals surface area contributed by atoms with E-state index in [0.29, 0.717) is 40.3 Å². The molecule has 0 bridgehead atoms. The molecule has 3 aromatic heterocycles. The number of hydrogen-bond donors (Lipinski definition) is 1. The van der Waals surface area contributed by atoms with Crippen LogP contribution < -0.4 is 14.2 Å². The molecule has 5 aromatic rings. The summed E-state index contributed by atoms with van der Waals surface area (Å²) in [7, 11) is 3.20. The third-order valence-electron chi connectivity index (χ3n) is 5.83. The molecule has 0 spiro atoms. The lowest BCUT2D eigenvalue weighted by Gasteiger charge is -2.28. The Morgan fingerprint density at radius 3 is 2.65 bits per heavy atom. The van der Waals surface area contributed by atoms with E-state index in [-0.39, 0.29) is 11.7 Å². The van der Waals surface area contributed by atoms with Crippen LogP contribution in [0.15, 0.2) is 67.1 Å². The molecule has 1 aliphatic heterocycles. The van der Waals surface area contributed by atoms with Crippen LogP contribution in [0, 0.1) is 0 Å². The van der Waals surface area contributed by atoms with Gasteiger partial charge in [0.1, 0.15) is 23.5 Å². The van der Waals surface area contributed by atoms with Crippen molar-refractivity contribution < 1.29 is 19.3 Å². The number of rotatable bonds is 4. The highest BCUT2D eigenvalue weighted by Gasteiger charge is 2.34. The molecular formula is C25H19N5O4. The van der Waals surface area contributed by atoms with Crippen molar-refractivity contribution in [3.63, 3.8) is 0 Å². The highest BCUT2D eigenvalue weighted by Crippen LogP contribution is 2.49. The van der Waals surface area contributed by atoms with Gasteiger partial charge in [0.25, 0.3) is 0 Å². The van der Waals surface area contributed by atoms with Crippen molar-refractivity contribution in [1.82, 2.24) is 24.6 Å². The fourth-order valence-electron chi connectivity index (χ4n) is 4.29. The molecule has 9 nitrogen and oxygen atoms in total. The van der Waals surface area contributed by atoms with Crippen LogP contribution in [0.5, 0.6) is 28.9 Å².